The van der Waals surface area contributed by atoms with Gasteiger partial charge in [0.15, 0.2) is 0 Å². The number of hydrogen-bond donors (Lipinski definition) is 0. The zero-order valence-corrected chi connectivity index (χ0v) is 25.8. The summed E-state index contributed by atoms with van der Waals surface area (Å²) in [6.45, 7) is 0. The first kappa shape index (κ1) is 26.2. The van der Waals surface area contributed by atoms with Crippen molar-refractivity contribution in [1.82, 2.24) is 4.57 Å². The lowest BCUT2D eigenvalue weighted by atomic mass is 9.91. The Balaban J connectivity index is 1.40. The number of rotatable bonds is 2. The maximum Gasteiger partial charge on any atom is 0.134 e. The van der Waals surface area contributed by atoms with Crippen molar-refractivity contribution in [2.45, 2.75) is 12.8 Å². The summed E-state index contributed by atoms with van der Waals surface area (Å²) in [5.74, 6) is 0.971. The molecule has 0 unspecified atom stereocenters. The average Bonchev–Trinajstić information content (AvgIpc) is 3.47. The number of aryl methyl sites for hydroxylation is 1. The van der Waals surface area contributed by atoms with Gasteiger partial charge in [-0.05, 0) is 62.9 Å². The number of allylic oxidation sites excluding steroid dienone is 1. The molecule has 1 aliphatic rings. The van der Waals surface area contributed by atoms with E-state index in [-0.39, 0.29) is 0 Å². The Kier molecular flexibility index (Phi) is 5.73. The Labute approximate surface area is 272 Å². The van der Waals surface area contributed by atoms with Crippen LogP contribution in [0.4, 0.5) is 0 Å². The van der Waals surface area contributed by atoms with E-state index in [9.17, 15) is 0 Å². The van der Waals surface area contributed by atoms with Crippen LogP contribution < -0.4 is 0 Å². The maximum atomic E-state index is 5.63. The zero-order chi connectivity index (χ0) is 30.9. The molecule has 10 rings (SSSR count). The topological polar surface area (TPSA) is 17.3 Å². The lowest BCUT2D eigenvalue weighted by molar-refractivity contribution is 0.978. The fraction of sp³-hybridized carbons (Fsp3) is 0.0444. The molecule has 1 aliphatic heterocycles. The van der Waals surface area contributed by atoms with Gasteiger partial charge in [-0.3, -0.25) is 4.57 Å². The predicted molar refractivity (Wildman–Crippen MR) is 201 cm³/mol. The quantitative estimate of drug-likeness (QED) is 0.176. The highest BCUT2D eigenvalue weighted by Gasteiger charge is 2.22. The van der Waals surface area contributed by atoms with Crippen molar-refractivity contribution in [2.24, 2.45) is 4.99 Å². The van der Waals surface area contributed by atoms with Crippen LogP contribution in [0.2, 0.25) is 0 Å². The number of aromatic nitrogens is 1. The molecule has 220 valence electrons. The Hall–Kier alpha value is -5.99. The van der Waals surface area contributed by atoms with Gasteiger partial charge in [0.25, 0.3) is 0 Å². The van der Waals surface area contributed by atoms with Crippen LogP contribution in [-0.2, 0) is 6.42 Å². The zero-order valence-electron chi connectivity index (χ0n) is 25.8. The Morgan fingerprint density at radius 3 is 1.89 bits per heavy atom. The van der Waals surface area contributed by atoms with Gasteiger partial charge in [-0.1, -0.05) is 146 Å². The van der Waals surface area contributed by atoms with Gasteiger partial charge >= 0.3 is 0 Å². The molecule has 0 N–H and O–H groups in total. The normalized spacial score (nSPS) is 13.6. The number of aliphatic imine (C=N–C) groups is 1. The highest BCUT2D eigenvalue weighted by Crippen LogP contribution is 2.45. The largest absolute Gasteiger partial charge is 0.293 e. The van der Waals surface area contributed by atoms with E-state index in [0.29, 0.717) is 0 Å². The summed E-state index contributed by atoms with van der Waals surface area (Å²) in [7, 11) is 0. The minimum Gasteiger partial charge on any atom is -0.293 e. The maximum absolute atomic E-state index is 5.63. The molecule has 2 heteroatoms. The minimum absolute atomic E-state index is 0.908. The van der Waals surface area contributed by atoms with Crippen LogP contribution in [-0.4, -0.2) is 10.3 Å². The lowest BCUT2D eigenvalue weighted by Crippen LogP contribution is -2.11. The van der Waals surface area contributed by atoms with Gasteiger partial charge < -0.3 is 0 Å². The summed E-state index contributed by atoms with van der Waals surface area (Å²) in [6, 6.07) is 55.2. The Morgan fingerprint density at radius 1 is 0.468 bits per heavy atom. The van der Waals surface area contributed by atoms with Crippen molar-refractivity contribution in [2.75, 3.05) is 0 Å². The van der Waals surface area contributed by atoms with E-state index in [1.54, 1.807) is 0 Å². The van der Waals surface area contributed by atoms with E-state index < -0.39 is 0 Å². The molecule has 0 aliphatic carbocycles. The molecular formula is C45H30N2. The minimum atomic E-state index is 0.908. The summed E-state index contributed by atoms with van der Waals surface area (Å²) >= 11 is 0. The molecule has 9 aromatic rings. The van der Waals surface area contributed by atoms with Crippen molar-refractivity contribution in [3.8, 4) is 0 Å². The fourth-order valence-electron chi connectivity index (χ4n) is 8.00. The van der Waals surface area contributed by atoms with E-state index in [1.165, 1.54) is 76.0 Å². The van der Waals surface area contributed by atoms with Gasteiger partial charge in [-0.15, -0.1) is 0 Å². The highest BCUT2D eigenvalue weighted by atomic mass is 15.1. The molecule has 2 heterocycles. The molecule has 0 atom stereocenters. The molecule has 0 saturated carbocycles. The monoisotopic (exact) mass is 598 g/mol. The standard InChI is InChI=1S/C45H30N2/c1-2-15-31(16-3-1)44-32-18-6-4-13-29(32)17-12-24-41(46-44)47-40-28-27-38-36-22-9-8-20-34(36)35-21-10-11-23-37(35)42(38)43(40)39-26-25-30-14-5-7-19-33(30)45(39)47/h1-11,13-16,18-28H,12,17H2. The van der Waals surface area contributed by atoms with Crippen molar-refractivity contribution in [3.05, 3.63) is 174 Å². The predicted octanol–water partition coefficient (Wildman–Crippen LogP) is 11.7. The molecule has 8 aromatic carbocycles. The second-order valence-electron chi connectivity index (χ2n) is 12.6. The summed E-state index contributed by atoms with van der Waals surface area (Å²) < 4.78 is 2.45. The molecule has 0 bridgehead atoms. The van der Waals surface area contributed by atoms with Gasteiger partial charge in [0.1, 0.15) is 5.82 Å². The first-order valence-electron chi connectivity index (χ1n) is 16.5. The van der Waals surface area contributed by atoms with Crippen LogP contribution in [0.25, 0.3) is 70.7 Å². The second kappa shape index (κ2) is 10.3. The van der Waals surface area contributed by atoms with E-state index in [0.717, 1.165) is 29.9 Å². The number of nitrogens with zero attached hydrogens (tertiary/aromatic N) is 2. The van der Waals surface area contributed by atoms with Crippen LogP contribution in [0.1, 0.15) is 23.1 Å². The summed E-state index contributed by atoms with van der Waals surface area (Å²) in [5, 5.41) is 12.7. The van der Waals surface area contributed by atoms with E-state index in [4.69, 9.17) is 4.99 Å². The second-order valence-corrected chi connectivity index (χ2v) is 12.6. The van der Waals surface area contributed by atoms with Crippen LogP contribution >= 0.6 is 0 Å². The van der Waals surface area contributed by atoms with Crippen molar-refractivity contribution in [3.63, 3.8) is 0 Å². The first-order chi connectivity index (χ1) is 23.3. The van der Waals surface area contributed by atoms with Gasteiger partial charge in [0, 0.05) is 32.7 Å². The smallest absolute Gasteiger partial charge is 0.134 e. The van der Waals surface area contributed by atoms with Crippen LogP contribution in [0, 0.1) is 0 Å². The molecule has 1 aromatic heterocycles. The van der Waals surface area contributed by atoms with E-state index in [1.807, 2.05) is 0 Å². The Morgan fingerprint density at radius 2 is 1.09 bits per heavy atom. The Bertz CT molecular complexity index is 2740. The molecule has 0 radical (unpaired) electrons. The summed E-state index contributed by atoms with van der Waals surface area (Å²) in [5.41, 5.74) is 7.07. The number of hydrogen-bond acceptors (Lipinski definition) is 1. The van der Waals surface area contributed by atoms with Crippen molar-refractivity contribution >= 4 is 76.4 Å². The van der Waals surface area contributed by atoms with Crippen LogP contribution in [0.15, 0.2) is 163 Å². The summed E-state index contributed by atoms with van der Waals surface area (Å²) in [4.78, 5) is 5.63. The molecule has 0 saturated heterocycles. The molecule has 0 fully saturated rings. The van der Waals surface area contributed by atoms with E-state index >= 15 is 0 Å². The fourth-order valence-corrected chi connectivity index (χ4v) is 8.00. The molecule has 2 nitrogen and oxygen atoms in total. The average molecular weight is 599 g/mol. The third-order valence-corrected chi connectivity index (χ3v) is 10.0. The third-order valence-electron chi connectivity index (χ3n) is 10.0. The lowest BCUT2D eigenvalue weighted by Gasteiger charge is -2.18. The van der Waals surface area contributed by atoms with Gasteiger partial charge in [0.2, 0.25) is 0 Å². The van der Waals surface area contributed by atoms with Crippen molar-refractivity contribution in [1.29, 1.82) is 0 Å². The molecule has 0 spiro atoms. The van der Waals surface area contributed by atoms with Crippen molar-refractivity contribution < 1.29 is 0 Å². The number of benzene rings is 8. The first-order valence-corrected chi connectivity index (χ1v) is 16.5. The van der Waals surface area contributed by atoms with Crippen LogP contribution in [0.3, 0.4) is 0 Å². The highest BCUT2D eigenvalue weighted by molar-refractivity contribution is 6.36. The van der Waals surface area contributed by atoms with Gasteiger partial charge in [0.05, 0.1) is 16.7 Å². The molecule has 47 heavy (non-hydrogen) atoms. The molecular weight excluding hydrogens is 569 g/mol. The van der Waals surface area contributed by atoms with Gasteiger partial charge in [-0.2, -0.15) is 0 Å². The van der Waals surface area contributed by atoms with E-state index in [2.05, 4.69) is 162 Å². The van der Waals surface area contributed by atoms with Crippen LogP contribution in [0.5, 0.6) is 0 Å². The third kappa shape index (κ3) is 3.88. The SMILES string of the molecule is C1=C(n2c3ccc4c5ccccc5c5ccccc5c4c3c3ccc4ccccc4c32)N=C(c2ccccc2)c2ccccc2CC1. The number of fused-ring (bicyclic) bond motifs is 13. The summed E-state index contributed by atoms with van der Waals surface area (Å²) in [6.07, 6.45) is 4.22. The molecule has 0 amide bonds. The van der Waals surface area contributed by atoms with Gasteiger partial charge in [-0.25, -0.2) is 4.99 Å².